The van der Waals surface area contributed by atoms with Crippen LogP contribution < -0.4 is 0 Å². The number of likely N-dealkylation sites (tertiary alicyclic amines) is 1. The summed E-state index contributed by atoms with van der Waals surface area (Å²) in [5.74, 6) is -0.0818. The number of unbranched alkanes of at least 4 members (excludes halogenated alkanes) is 6. The van der Waals surface area contributed by atoms with Gasteiger partial charge in [0.2, 0.25) is 0 Å². The maximum atomic E-state index is 11.0. The minimum absolute atomic E-state index is 0.0818. The number of aliphatic hydroxyl groups excluding tert-OH is 1. The fourth-order valence-corrected chi connectivity index (χ4v) is 3.22. The van der Waals surface area contributed by atoms with Crippen LogP contribution in [0.5, 0.6) is 0 Å². The molecule has 1 heterocycles. The zero-order chi connectivity index (χ0) is 20.3. The monoisotopic (exact) mass is 376 g/mol. The molecule has 0 spiro atoms. The van der Waals surface area contributed by atoms with Gasteiger partial charge in [-0.1, -0.05) is 46.0 Å². The molecule has 0 aromatic heterocycles. The summed E-state index contributed by atoms with van der Waals surface area (Å²) in [6.07, 6.45) is 11.9. The van der Waals surface area contributed by atoms with Crippen molar-refractivity contribution in [1.82, 2.24) is 0 Å². The predicted octanol–water partition coefficient (Wildman–Crippen LogP) is 4.17. The first-order valence-electron chi connectivity index (χ1n) is 10.5. The van der Waals surface area contributed by atoms with Crippen molar-refractivity contribution < 1.29 is 23.9 Å². The number of likely N-dealkylation sites (N-methyl/N-ethyl adjacent to an activating group) is 1. The van der Waals surface area contributed by atoms with Gasteiger partial charge in [-0.2, -0.15) is 0 Å². The van der Waals surface area contributed by atoms with Gasteiger partial charge >= 0.3 is 5.97 Å². The number of esters is 1. The molecule has 1 N–H and O–H groups in total. The van der Waals surface area contributed by atoms with Crippen LogP contribution in [-0.2, 0) is 14.3 Å². The summed E-state index contributed by atoms with van der Waals surface area (Å²) in [6, 6.07) is 0. The van der Waals surface area contributed by atoms with E-state index in [2.05, 4.69) is 18.8 Å². The Balaban J connectivity index is 0. The second-order valence-electron chi connectivity index (χ2n) is 7.28. The summed E-state index contributed by atoms with van der Waals surface area (Å²) < 4.78 is 11.8. The summed E-state index contributed by atoms with van der Waals surface area (Å²) in [5, 5.41) is 7.00. The number of aliphatic hydroxyl groups is 1. The van der Waals surface area contributed by atoms with E-state index in [0.29, 0.717) is 12.5 Å². The summed E-state index contributed by atoms with van der Waals surface area (Å²) in [7, 11) is 7.06. The fourth-order valence-electron chi connectivity index (χ4n) is 3.22. The Morgan fingerprint density at radius 1 is 1.00 bits per heavy atom. The lowest BCUT2D eigenvalue weighted by atomic mass is 10.1. The van der Waals surface area contributed by atoms with E-state index >= 15 is 0 Å². The molecule has 1 atom stereocenters. The third-order valence-electron chi connectivity index (χ3n) is 4.59. The number of carbonyl (C=O) groups excluding carboxylic acids is 1. The third kappa shape index (κ3) is 16.8. The van der Waals surface area contributed by atoms with Crippen LogP contribution in [0.4, 0.5) is 0 Å². The standard InChI is InChI=1S/C18H36NO3.C2H6.CH4O/c1-19(2)14-11-12-17(16-19)22-15-10-8-6-4-5-7-9-13-18(20)21-3;2*1-2/h17H,4-16H2,1-3H3;1-2H3;2H,1H3/q+1;;. The second kappa shape index (κ2) is 19.1. The molecule has 1 aliphatic rings. The van der Waals surface area contributed by atoms with Crippen LogP contribution in [0.3, 0.4) is 0 Å². The van der Waals surface area contributed by atoms with Gasteiger partial charge in [-0.05, 0) is 25.7 Å². The lowest BCUT2D eigenvalue weighted by Gasteiger charge is -2.37. The first kappa shape index (κ1) is 27.6. The third-order valence-corrected chi connectivity index (χ3v) is 4.59. The highest BCUT2D eigenvalue weighted by Gasteiger charge is 2.27. The normalized spacial score (nSPS) is 18.0. The van der Waals surface area contributed by atoms with Gasteiger partial charge in [0.05, 0.1) is 27.7 Å². The van der Waals surface area contributed by atoms with Gasteiger partial charge in [0.25, 0.3) is 0 Å². The Labute approximate surface area is 162 Å². The van der Waals surface area contributed by atoms with Crippen LogP contribution in [0.1, 0.15) is 78.1 Å². The number of ether oxygens (including phenoxy) is 2. The van der Waals surface area contributed by atoms with Crippen molar-refractivity contribution in [2.24, 2.45) is 0 Å². The Bertz CT molecular complexity index is 308. The molecule has 1 aliphatic heterocycles. The Morgan fingerprint density at radius 3 is 2.08 bits per heavy atom. The van der Waals surface area contributed by atoms with Crippen LogP contribution >= 0.6 is 0 Å². The predicted molar refractivity (Wildman–Crippen MR) is 109 cm³/mol. The van der Waals surface area contributed by atoms with Crippen molar-refractivity contribution in [3.8, 4) is 0 Å². The van der Waals surface area contributed by atoms with Gasteiger partial charge in [0, 0.05) is 20.1 Å². The zero-order valence-corrected chi connectivity index (χ0v) is 18.4. The molecule has 1 saturated heterocycles. The number of rotatable bonds is 11. The molecule has 0 saturated carbocycles. The summed E-state index contributed by atoms with van der Waals surface area (Å²) in [5.41, 5.74) is 0. The first-order chi connectivity index (χ1) is 12.5. The van der Waals surface area contributed by atoms with Crippen molar-refractivity contribution in [2.45, 2.75) is 84.2 Å². The molecule has 0 aromatic rings. The van der Waals surface area contributed by atoms with Crippen LogP contribution in [-0.4, -0.2) is 69.7 Å². The van der Waals surface area contributed by atoms with E-state index in [1.807, 2.05) is 13.8 Å². The van der Waals surface area contributed by atoms with Gasteiger partial charge in [-0.25, -0.2) is 0 Å². The van der Waals surface area contributed by atoms with E-state index < -0.39 is 0 Å². The average Bonchev–Trinajstić information content (AvgIpc) is 2.65. The van der Waals surface area contributed by atoms with E-state index in [1.165, 1.54) is 65.1 Å². The van der Waals surface area contributed by atoms with Gasteiger partial charge in [-0.15, -0.1) is 0 Å². The molecule has 1 rings (SSSR count). The number of quaternary nitrogens is 1. The van der Waals surface area contributed by atoms with Crippen molar-refractivity contribution in [2.75, 3.05) is 48.0 Å². The van der Waals surface area contributed by atoms with Gasteiger partial charge in [-0.3, -0.25) is 4.79 Å². The molecule has 1 fully saturated rings. The highest BCUT2D eigenvalue weighted by molar-refractivity contribution is 5.68. The van der Waals surface area contributed by atoms with Gasteiger partial charge in [0.15, 0.2) is 0 Å². The Hall–Kier alpha value is -0.650. The number of hydrogen-bond acceptors (Lipinski definition) is 4. The Kier molecular flexibility index (Phi) is 20.3. The molecule has 158 valence electrons. The second-order valence-corrected chi connectivity index (χ2v) is 7.28. The van der Waals surface area contributed by atoms with Gasteiger partial charge in [0.1, 0.15) is 12.6 Å². The molecule has 26 heavy (non-hydrogen) atoms. The summed E-state index contributed by atoms with van der Waals surface area (Å²) in [6.45, 7) is 7.38. The van der Waals surface area contributed by atoms with Crippen LogP contribution in [0, 0.1) is 0 Å². The number of nitrogens with zero attached hydrogens (tertiary/aromatic N) is 1. The first-order valence-corrected chi connectivity index (χ1v) is 10.5. The van der Waals surface area contributed by atoms with E-state index in [0.717, 1.165) is 31.0 Å². The van der Waals surface area contributed by atoms with Crippen LogP contribution in [0.25, 0.3) is 0 Å². The molecule has 0 bridgehead atoms. The SMILES string of the molecule is CC.CO.COC(=O)CCCCCCCCCOC1CCC[N+](C)(C)C1. The largest absolute Gasteiger partial charge is 0.469 e. The maximum Gasteiger partial charge on any atom is 0.305 e. The molecule has 0 radical (unpaired) electrons. The van der Waals surface area contributed by atoms with E-state index in [4.69, 9.17) is 9.84 Å². The number of hydrogen-bond donors (Lipinski definition) is 1. The minimum atomic E-state index is -0.0818. The topological polar surface area (TPSA) is 55.8 Å². The lowest BCUT2D eigenvalue weighted by molar-refractivity contribution is -0.898. The zero-order valence-electron chi connectivity index (χ0n) is 18.4. The van der Waals surface area contributed by atoms with Crippen LogP contribution in [0.15, 0.2) is 0 Å². The molecular formula is C21H46NO4+. The number of methoxy groups -OCH3 is 1. The van der Waals surface area contributed by atoms with Crippen molar-refractivity contribution in [3.05, 3.63) is 0 Å². The molecule has 5 nitrogen and oxygen atoms in total. The van der Waals surface area contributed by atoms with E-state index in [-0.39, 0.29) is 5.97 Å². The number of piperidine rings is 1. The van der Waals surface area contributed by atoms with Gasteiger partial charge < -0.3 is 19.1 Å². The molecule has 0 aliphatic carbocycles. The smallest absolute Gasteiger partial charge is 0.305 e. The molecule has 1 unspecified atom stereocenters. The molecule has 0 amide bonds. The van der Waals surface area contributed by atoms with Crippen molar-refractivity contribution in [1.29, 1.82) is 0 Å². The minimum Gasteiger partial charge on any atom is -0.469 e. The average molecular weight is 377 g/mol. The summed E-state index contributed by atoms with van der Waals surface area (Å²) >= 11 is 0. The van der Waals surface area contributed by atoms with Crippen LogP contribution in [0.2, 0.25) is 0 Å². The van der Waals surface area contributed by atoms with Crippen molar-refractivity contribution in [3.63, 3.8) is 0 Å². The lowest BCUT2D eigenvalue weighted by Crippen LogP contribution is -2.50. The highest BCUT2D eigenvalue weighted by Crippen LogP contribution is 2.17. The number of carbonyl (C=O) groups is 1. The van der Waals surface area contributed by atoms with Crippen molar-refractivity contribution >= 4 is 5.97 Å². The maximum absolute atomic E-state index is 11.0. The molecule has 0 aromatic carbocycles. The summed E-state index contributed by atoms with van der Waals surface area (Å²) in [4.78, 5) is 11.0. The molecular weight excluding hydrogens is 330 g/mol. The highest BCUT2D eigenvalue weighted by atomic mass is 16.5. The Morgan fingerprint density at radius 2 is 1.54 bits per heavy atom. The van der Waals surface area contributed by atoms with E-state index in [1.54, 1.807) is 0 Å². The molecule has 5 heteroatoms. The quantitative estimate of drug-likeness (QED) is 0.334. The van der Waals surface area contributed by atoms with E-state index in [9.17, 15) is 4.79 Å². The fraction of sp³-hybridized carbons (Fsp3) is 0.952.